The largest absolute Gasteiger partial charge is 0.311 e. The summed E-state index contributed by atoms with van der Waals surface area (Å²) in [6.45, 7) is 4.57. The summed E-state index contributed by atoms with van der Waals surface area (Å²) in [5, 5.41) is 4.71. The molecule has 0 spiro atoms. The van der Waals surface area contributed by atoms with E-state index in [0.717, 1.165) is 23.0 Å². The van der Waals surface area contributed by atoms with Crippen molar-refractivity contribution in [3.8, 4) is 0 Å². The van der Waals surface area contributed by atoms with Crippen molar-refractivity contribution in [2.45, 2.75) is 76.8 Å². The Morgan fingerprint density at radius 1 is 1.10 bits per heavy atom. The first kappa shape index (κ1) is 15.9. The fraction of sp³-hybridized carbons (Fsp3) is 0.667. The lowest BCUT2D eigenvalue weighted by molar-refractivity contribution is 0.251. The fourth-order valence-electron chi connectivity index (χ4n) is 3.20. The molecular weight excluding hydrogens is 266 g/mol. The molecule has 2 heteroatoms. The minimum absolute atomic E-state index is 0.726. The summed E-state index contributed by atoms with van der Waals surface area (Å²) in [6, 6.07) is 9.85. The molecule has 0 aromatic heterocycles. The second-order valence-electron chi connectivity index (χ2n) is 6.21. The Bertz CT molecular complexity index is 381. The van der Waals surface area contributed by atoms with Crippen molar-refractivity contribution < 1.29 is 0 Å². The molecule has 1 N–H and O–H groups in total. The van der Waals surface area contributed by atoms with Crippen LogP contribution in [0.1, 0.15) is 70.3 Å². The number of unbranched alkanes of at least 4 members (excludes halogenated alkanes) is 1. The van der Waals surface area contributed by atoms with Gasteiger partial charge in [-0.2, -0.15) is 0 Å². The monoisotopic (exact) mass is 293 g/mol. The van der Waals surface area contributed by atoms with Gasteiger partial charge >= 0.3 is 0 Å². The Labute approximate surface area is 129 Å². The lowest BCUT2D eigenvalue weighted by Crippen LogP contribution is -2.45. The number of halogens is 1. The highest BCUT2D eigenvalue weighted by Crippen LogP contribution is 2.37. The van der Waals surface area contributed by atoms with E-state index >= 15 is 0 Å². The summed E-state index contributed by atoms with van der Waals surface area (Å²) < 4.78 is 0. The van der Waals surface area contributed by atoms with Crippen molar-refractivity contribution in [3.05, 3.63) is 34.9 Å². The first-order valence-electron chi connectivity index (χ1n) is 8.24. The number of nitrogens with one attached hydrogen (secondary N) is 1. The summed E-state index contributed by atoms with van der Waals surface area (Å²) in [5.74, 6) is 0.734. The van der Waals surface area contributed by atoms with E-state index in [-0.39, 0.29) is 0 Å². The molecule has 1 nitrogen and oxygen atoms in total. The second-order valence-corrected chi connectivity index (χ2v) is 6.65. The van der Waals surface area contributed by atoms with E-state index in [1.54, 1.807) is 0 Å². The van der Waals surface area contributed by atoms with Crippen LogP contribution >= 0.6 is 11.6 Å². The third-order valence-electron chi connectivity index (χ3n) is 4.49. The van der Waals surface area contributed by atoms with Crippen LogP contribution in [0.5, 0.6) is 0 Å². The van der Waals surface area contributed by atoms with Gasteiger partial charge in [0.25, 0.3) is 0 Å². The number of hydrogen-bond donors (Lipinski definition) is 1. The van der Waals surface area contributed by atoms with Gasteiger partial charge in [-0.3, -0.25) is 0 Å². The molecule has 1 aliphatic rings. The lowest BCUT2D eigenvalue weighted by Gasteiger charge is -2.39. The van der Waals surface area contributed by atoms with Gasteiger partial charge in [0.15, 0.2) is 0 Å². The van der Waals surface area contributed by atoms with Gasteiger partial charge in [-0.05, 0) is 49.3 Å². The van der Waals surface area contributed by atoms with Gasteiger partial charge in [0.1, 0.15) is 0 Å². The molecule has 2 rings (SSSR count). The van der Waals surface area contributed by atoms with Crippen LogP contribution in [0, 0.1) is 0 Å². The average molecular weight is 294 g/mol. The number of hydrogen-bond acceptors (Lipinski definition) is 1. The molecule has 1 saturated carbocycles. The summed E-state index contributed by atoms with van der Waals surface area (Å²) in [4.78, 5) is 0. The summed E-state index contributed by atoms with van der Waals surface area (Å²) >= 11 is 5.95. The van der Waals surface area contributed by atoms with Crippen LogP contribution in [-0.4, -0.2) is 12.1 Å². The zero-order valence-electron chi connectivity index (χ0n) is 12.9. The normalized spacial score (nSPS) is 23.4. The standard InChI is InChI=1S/C18H28ClN/c1-3-5-7-17(6-4-2)20-18-12-15(13-18)14-8-10-16(19)11-9-14/h8-11,15,17-18,20H,3-7,12-13H2,1-2H3. The molecule has 0 bridgehead atoms. The SMILES string of the molecule is CCCCC(CCC)NC1CC(c2ccc(Cl)cc2)C1. The van der Waals surface area contributed by atoms with E-state index in [1.807, 2.05) is 12.1 Å². The number of benzene rings is 1. The van der Waals surface area contributed by atoms with Gasteiger partial charge in [0.05, 0.1) is 0 Å². The van der Waals surface area contributed by atoms with Crippen molar-refractivity contribution in [1.82, 2.24) is 5.32 Å². The molecule has 112 valence electrons. The van der Waals surface area contributed by atoms with E-state index in [2.05, 4.69) is 31.3 Å². The van der Waals surface area contributed by atoms with Crippen LogP contribution in [0.4, 0.5) is 0 Å². The molecule has 1 aliphatic carbocycles. The van der Waals surface area contributed by atoms with Crippen molar-refractivity contribution in [1.29, 1.82) is 0 Å². The Hall–Kier alpha value is -0.530. The van der Waals surface area contributed by atoms with E-state index in [0.29, 0.717) is 0 Å². The van der Waals surface area contributed by atoms with Crippen LogP contribution < -0.4 is 5.32 Å². The third-order valence-corrected chi connectivity index (χ3v) is 4.75. The predicted octanol–water partition coefficient (Wildman–Crippen LogP) is 5.53. The molecule has 0 aliphatic heterocycles. The van der Waals surface area contributed by atoms with Gasteiger partial charge in [-0.15, -0.1) is 0 Å². The van der Waals surface area contributed by atoms with Crippen molar-refractivity contribution in [2.24, 2.45) is 0 Å². The molecule has 0 amide bonds. The van der Waals surface area contributed by atoms with Crippen LogP contribution in [0.2, 0.25) is 5.02 Å². The Morgan fingerprint density at radius 2 is 1.80 bits per heavy atom. The average Bonchev–Trinajstić information content (AvgIpc) is 2.41. The van der Waals surface area contributed by atoms with E-state index in [9.17, 15) is 0 Å². The van der Waals surface area contributed by atoms with Crippen LogP contribution in [0.3, 0.4) is 0 Å². The highest BCUT2D eigenvalue weighted by Gasteiger charge is 2.31. The van der Waals surface area contributed by atoms with Gasteiger partial charge in [-0.25, -0.2) is 0 Å². The van der Waals surface area contributed by atoms with Gasteiger partial charge in [0, 0.05) is 17.1 Å². The van der Waals surface area contributed by atoms with E-state index in [4.69, 9.17) is 11.6 Å². The van der Waals surface area contributed by atoms with Gasteiger partial charge in [0.2, 0.25) is 0 Å². The highest BCUT2D eigenvalue weighted by atomic mass is 35.5. The zero-order chi connectivity index (χ0) is 14.4. The van der Waals surface area contributed by atoms with Gasteiger partial charge < -0.3 is 5.32 Å². The minimum atomic E-state index is 0.726. The van der Waals surface area contributed by atoms with Gasteiger partial charge in [-0.1, -0.05) is 56.8 Å². The van der Waals surface area contributed by atoms with Crippen molar-refractivity contribution >= 4 is 11.6 Å². The van der Waals surface area contributed by atoms with Crippen LogP contribution in [0.25, 0.3) is 0 Å². The van der Waals surface area contributed by atoms with Crippen LogP contribution in [-0.2, 0) is 0 Å². The molecule has 20 heavy (non-hydrogen) atoms. The van der Waals surface area contributed by atoms with E-state index in [1.165, 1.54) is 50.5 Å². The predicted molar refractivity (Wildman–Crippen MR) is 88.6 cm³/mol. The van der Waals surface area contributed by atoms with Crippen molar-refractivity contribution in [3.63, 3.8) is 0 Å². The summed E-state index contributed by atoms with van der Waals surface area (Å²) in [5.41, 5.74) is 1.45. The molecule has 0 radical (unpaired) electrons. The molecule has 1 aromatic carbocycles. The molecule has 1 unspecified atom stereocenters. The second kappa shape index (κ2) is 8.05. The van der Waals surface area contributed by atoms with Crippen LogP contribution in [0.15, 0.2) is 24.3 Å². The lowest BCUT2D eigenvalue weighted by atomic mass is 9.75. The third kappa shape index (κ3) is 4.49. The molecule has 1 atom stereocenters. The molecule has 1 aromatic rings. The molecule has 0 heterocycles. The maximum Gasteiger partial charge on any atom is 0.0406 e. The molecule has 1 fully saturated rings. The molecular formula is C18H28ClN. The highest BCUT2D eigenvalue weighted by molar-refractivity contribution is 6.30. The zero-order valence-corrected chi connectivity index (χ0v) is 13.6. The topological polar surface area (TPSA) is 12.0 Å². The number of rotatable bonds is 8. The molecule has 0 saturated heterocycles. The summed E-state index contributed by atoms with van der Waals surface area (Å²) in [7, 11) is 0. The Balaban J connectivity index is 1.75. The fourth-order valence-corrected chi connectivity index (χ4v) is 3.33. The van der Waals surface area contributed by atoms with E-state index < -0.39 is 0 Å². The van der Waals surface area contributed by atoms with Crippen molar-refractivity contribution in [2.75, 3.05) is 0 Å². The first-order chi connectivity index (χ1) is 9.72. The smallest absolute Gasteiger partial charge is 0.0406 e. The maximum atomic E-state index is 5.95. The first-order valence-corrected chi connectivity index (χ1v) is 8.62. The maximum absolute atomic E-state index is 5.95. The quantitative estimate of drug-likeness (QED) is 0.664. The summed E-state index contributed by atoms with van der Waals surface area (Å²) in [6.07, 6.45) is 9.18. The minimum Gasteiger partial charge on any atom is -0.311 e. The Kier molecular flexibility index (Phi) is 6.38. The Morgan fingerprint density at radius 3 is 2.40 bits per heavy atom.